The van der Waals surface area contributed by atoms with Crippen LogP contribution in [0, 0.1) is 0 Å². The van der Waals surface area contributed by atoms with Crippen molar-refractivity contribution in [2.24, 2.45) is 0 Å². The second-order valence-corrected chi connectivity index (χ2v) is 3.21. The van der Waals surface area contributed by atoms with E-state index in [9.17, 15) is 13.9 Å². The Balaban J connectivity index is 3.01. The van der Waals surface area contributed by atoms with Crippen LogP contribution in [0.4, 0.5) is 8.78 Å². The van der Waals surface area contributed by atoms with Gasteiger partial charge in [0.25, 0.3) is 5.92 Å². The lowest BCUT2D eigenvalue weighted by molar-refractivity contribution is 0.0170. The Morgan fingerprint density at radius 2 is 2.07 bits per heavy atom. The highest BCUT2D eigenvalue weighted by Crippen LogP contribution is 2.28. The smallest absolute Gasteiger partial charge is 0.270 e. The second kappa shape index (κ2) is 4.02. The van der Waals surface area contributed by atoms with Crippen LogP contribution >= 0.6 is 0 Å². The van der Waals surface area contributed by atoms with Crippen molar-refractivity contribution in [2.45, 2.75) is 19.0 Å². The van der Waals surface area contributed by atoms with Gasteiger partial charge in [-0.1, -0.05) is 18.2 Å². The van der Waals surface area contributed by atoms with Crippen LogP contribution in [0.15, 0.2) is 24.3 Å². The maximum absolute atomic E-state index is 12.9. The van der Waals surface area contributed by atoms with Gasteiger partial charge in [-0.05, 0) is 11.6 Å². The van der Waals surface area contributed by atoms with Gasteiger partial charge in [-0.15, -0.1) is 0 Å². The molecule has 78 valence electrons. The Hall–Kier alpha value is -1.00. The first kappa shape index (κ1) is 11.1. The van der Waals surface area contributed by atoms with E-state index in [1.165, 1.54) is 24.3 Å². The third-order valence-electron chi connectivity index (χ3n) is 1.95. The molecule has 0 aliphatic heterocycles. The molecule has 0 aliphatic rings. The molecule has 1 atom stereocenters. The topological polar surface area (TPSA) is 40.5 Å². The Morgan fingerprint density at radius 1 is 1.43 bits per heavy atom. The summed E-state index contributed by atoms with van der Waals surface area (Å²) in [6, 6.07) is 5.41. The van der Waals surface area contributed by atoms with Crippen molar-refractivity contribution in [1.29, 1.82) is 0 Å². The average molecular weight is 202 g/mol. The number of halogens is 2. The molecule has 0 bridgehead atoms. The van der Waals surface area contributed by atoms with Crippen LogP contribution in [0.25, 0.3) is 0 Å². The van der Waals surface area contributed by atoms with Crippen molar-refractivity contribution in [2.75, 3.05) is 6.61 Å². The van der Waals surface area contributed by atoms with E-state index in [4.69, 9.17) is 5.11 Å². The molecular weight excluding hydrogens is 190 g/mol. The summed E-state index contributed by atoms with van der Waals surface area (Å²) in [4.78, 5) is 0. The Kier molecular flexibility index (Phi) is 3.18. The third-order valence-corrected chi connectivity index (χ3v) is 1.95. The van der Waals surface area contributed by atoms with E-state index in [2.05, 4.69) is 0 Å². The van der Waals surface area contributed by atoms with Gasteiger partial charge in [0.2, 0.25) is 0 Å². The highest BCUT2D eigenvalue weighted by Gasteiger charge is 2.24. The molecule has 2 N–H and O–H groups in total. The van der Waals surface area contributed by atoms with Gasteiger partial charge in [0.1, 0.15) is 6.10 Å². The van der Waals surface area contributed by atoms with Crippen LogP contribution in [0.3, 0.4) is 0 Å². The zero-order valence-electron chi connectivity index (χ0n) is 7.74. The SMILES string of the molecule is CC(F)(F)c1cccc(C(O)CO)c1. The van der Waals surface area contributed by atoms with E-state index in [-0.39, 0.29) is 5.56 Å². The molecule has 2 nitrogen and oxygen atoms in total. The van der Waals surface area contributed by atoms with Gasteiger partial charge in [-0.3, -0.25) is 0 Å². The zero-order valence-corrected chi connectivity index (χ0v) is 7.74. The number of aliphatic hydroxyl groups is 2. The van der Waals surface area contributed by atoms with E-state index in [1.54, 1.807) is 0 Å². The van der Waals surface area contributed by atoms with Gasteiger partial charge in [0.05, 0.1) is 6.61 Å². The lowest BCUT2D eigenvalue weighted by Gasteiger charge is -2.13. The van der Waals surface area contributed by atoms with Crippen molar-refractivity contribution in [1.82, 2.24) is 0 Å². The summed E-state index contributed by atoms with van der Waals surface area (Å²) in [5.74, 6) is -2.93. The van der Waals surface area contributed by atoms with Gasteiger partial charge in [-0.2, -0.15) is 0 Å². The minimum Gasteiger partial charge on any atom is -0.393 e. The molecule has 0 amide bonds. The highest BCUT2D eigenvalue weighted by molar-refractivity contribution is 5.27. The molecular formula is C10H12F2O2. The Bertz CT molecular complexity index is 307. The van der Waals surface area contributed by atoms with Crippen LogP contribution in [-0.2, 0) is 5.92 Å². The van der Waals surface area contributed by atoms with Crippen molar-refractivity contribution in [3.8, 4) is 0 Å². The first-order valence-corrected chi connectivity index (χ1v) is 4.22. The molecule has 1 aromatic rings. The lowest BCUT2D eigenvalue weighted by Crippen LogP contribution is -2.09. The fourth-order valence-corrected chi connectivity index (χ4v) is 1.12. The van der Waals surface area contributed by atoms with Gasteiger partial charge in [0.15, 0.2) is 0 Å². The van der Waals surface area contributed by atoms with Crippen LogP contribution < -0.4 is 0 Å². The van der Waals surface area contributed by atoms with E-state index in [0.717, 1.165) is 6.92 Å². The number of benzene rings is 1. The summed E-state index contributed by atoms with van der Waals surface area (Å²) in [7, 11) is 0. The lowest BCUT2D eigenvalue weighted by atomic mass is 10.0. The molecule has 0 heterocycles. The van der Waals surface area contributed by atoms with E-state index >= 15 is 0 Å². The van der Waals surface area contributed by atoms with Crippen molar-refractivity contribution < 1.29 is 19.0 Å². The van der Waals surface area contributed by atoms with Crippen molar-refractivity contribution >= 4 is 0 Å². The summed E-state index contributed by atoms with van der Waals surface area (Å²) < 4.78 is 25.7. The fourth-order valence-electron chi connectivity index (χ4n) is 1.12. The largest absolute Gasteiger partial charge is 0.393 e. The summed E-state index contributed by atoms with van der Waals surface area (Å²) >= 11 is 0. The first-order valence-electron chi connectivity index (χ1n) is 4.22. The number of hydrogen-bond acceptors (Lipinski definition) is 2. The van der Waals surface area contributed by atoms with Crippen LogP contribution in [0.1, 0.15) is 24.2 Å². The minimum absolute atomic E-state index is 0.164. The molecule has 4 heteroatoms. The fraction of sp³-hybridized carbons (Fsp3) is 0.400. The molecule has 0 aromatic heterocycles. The molecule has 0 aliphatic carbocycles. The second-order valence-electron chi connectivity index (χ2n) is 3.21. The van der Waals surface area contributed by atoms with E-state index < -0.39 is 18.6 Å². The Morgan fingerprint density at radius 3 is 2.57 bits per heavy atom. The van der Waals surface area contributed by atoms with Crippen molar-refractivity contribution in [3.05, 3.63) is 35.4 Å². The number of aliphatic hydroxyl groups excluding tert-OH is 2. The zero-order chi connectivity index (χ0) is 10.8. The molecule has 0 saturated carbocycles. The van der Waals surface area contributed by atoms with Gasteiger partial charge in [-0.25, -0.2) is 8.78 Å². The molecule has 1 aromatic carbocycles. The maximum atomic E-state index is 12.9. The van der Waals surface area contributed by atoms with Crippen molar-refractivity contribution in [3.63, 3.8) is 0 Å². The number of alkyl halides is 2. The predicted octanol–water partition coefficient (Wildman–Crippen LogP) is 1.82. The monoisotopic (exact) mass is 202 g/mol. The first-order chi connectivity index (χ1) is 6.45. The summed E-state index contributed by atoms with van der Waals surface area (Å²) in [5.41, 5.74) is 0.133. The van der Waals surface area contributed by atoms with E-state index in [0.29, 0.717) is 5.56 Å². The summed E-state index contributed by atoms with van der Waals surface area (Å²) in [6.07, 6.45) is -1.10. The van der Waals surface area contributed by atoms with E-state index in [1.807, 2.05) is 0 Å². The van der Waals surface area contributed by atoms with Gasteiger partial charge < -0.3 is 10.2 Å². The van der Waals surface area contributed by atoms with Gasteiger partial charge >= 0.3 is 0 Å². The van der Waals surface area contributed by atoms with Crippen LogP contribution in [0.2, 0.25) is 0 Å². The quantitative estimate of drug-likeness (QED) is 0.784. The summed E-state index contributed by atoms with van der Waals surface area (Å²) in [6.45, 7) is 0.316. The maximum Gasteiger partial charge on any atom is 0.270 e. The molecule has 1 rings (SSSR count). The number of hydrogen-bond donors (Lipinski definition) is 2. The Labute approximate surface area is 80.8 Å². The summed E-state index contributed by atoms with van der Waals surface area (Å²) in [5, 5.41) is 17.9. The molecule has 0 saturated heterocycles. The average Bonchev–Trinajstić information content (AvgIpc) is 2.15. The molecule has 0 fully saturated rings. The highest BCUT2D eigenvalue weighted by atomic mass is 19.3. The normalized spacial score (nSPS) is 14.1. The predicted molar refractivity (Wildman–Crippen MR) is 48.1 cm³/mol. The van der Waals surface area contributed by atoms with Crippen LogP contribution in [-0.4, -0.2) is 16.8 Å². The molecule has 0 spiro atoms. The standard InChI is InChI=1S/C10H12F2O2/c1-10(11,12)8-4-2-3-7(5-8)9(14)6-13/h2-5,9,13-14H,6H2,1H3. The van der Waals surface area contributed by atoms with Gasteiger partial charge in [0, 0.05) is 12.5 Å². The third kappa shape index (κ3) is 2.49. The molecule has 1 unspecified atom stereocenters. The number of rotatable bonds is 3. The molecule has 14 heavy (non-hydrogen) atoms. The minimum atomic E-state index is -2.93. The molecule has 0 radical (unpaired) electrons. The van der Waals surface area contributed by atoms with Crippen LogP contribution in [0.5, 0.6) is 0 Å².